The molecule has 3 aromatic rings. The molecule has 0 heterocycles. The average molecular weight is 453 g/mol. The van der Waals surface area contributed by atoms with E-state index in [2.05, 4.69) is 11.9 Å². The summed E-state index contributed by atoms with van der Waals surface area (Å²) in [6.45, 7) is 4.00. The number of anilines is 2. The Bertz CT molecular complexity index is 1170. The number of rotatable bonds is 9. The van der Waals surface area contributed by atoms with E-state index in [4.69, 9.17) is 9.47 Å². The van der Waals surface area contributed by atoms with E-state index in [1.54, 1.807) is 66.7 Å². The van der Waals surface area contributed by atoms with Crippen LogP contribution in [0.25, 0.3) is 0 Å². The molecule has 3 rings (SSSR count). The lowest BCUT2D eigenvalue weighted by Crippen LogP contribution is -2.26. The lowest BCUT2D eigenvalue weighted by molar-refractivity contribution is 0.102. The molecule has 0 spiro atoms. The molecule has 3 aromatic carbocycles. The molecule has 8 heteroatoms. The number of ether oxygens (including phenoxy) is 2. The Kier molecular flexibility index (Phi) is 7.17. The topological polar surface area (TPSA) is 84.9 Å². The number of hydrogen-bond acceptors (Lipinski definition) is 5. The lowest BCUT2D eigenvalue weighted by atomic mass is 10.2. The fourth-order valence-corrected chi connectivity index (χ4v) is 4.06. The number of carbonyl (C=O) groups is 1. The summed E-state index contributed by atoms with van der Waals surface area (Å²) in [5.74, 6) is 0.936. The van der Waals surface area contributed by atoms with Crippen LogP contribution in [-0.4, -0.2) is 35.1 Å². The van der Waals surface area contributed by atoms with Gasteiger partial charge in [0, 0.05) is 18.3 Å². The van der Waals surface area contributed by atoms with Gasteiger partial charge in [0.1, 0.15) is 18.1 Å². The molecule has 0 radical (unpaired) electrons. The molecule has 1 N–H and O–H groups in total. The Morgan fingerprint density at radius 2 is 1.56 bits per heavy atom. The van der Waals surface area contributed by atoms with Crippen LogP contribution in [0.15, 0.2) is 90.3 Å². The van der Waals surface area contributed by atoms with Crippen LogP contribution in [0, 0.1) is 0 Å². The van der Waals surface area contributed by atoms with Crippen LogP contribution in [0.4, 0.5) is 11.4 Å². The third-order valence-corrected chi connectivity index (χ3v) is 6.49. The minimum atomic E-state index is -3.75. The molecule has 0 atom stereocenters. The Labute approximate surface area is 188 Å². The highest BCUT2D eigenvalue weighted by molar-refractivity contribution is 7.92. The second-order valence-electron chi connectivity index (χ2n) is 6.77. The molecule has 166 valence electrons. The smallest absolute Gasteiger partial charge is 0.264 e. The van der Waals surface area contributed by atoms with Crippen molar-refractivity contribution in [3.05, 3.63) is 91.0 Å². The maximum Gasteiger partial charge on any atom is 0.264 e. The molecule has 0 bridgehead atoms. The largest absolute Gasteiger partial charge is 0.497 e. The molecule has 0 unspecified atom stereocenters. The first-order valence-electron chi connectivity index (χ1n) is 9.73. The van der Waals surface area contributed by atoms with Crippen molar-refractivity contribution in [2.45, 2.75) is 4.90 Å². The van der Waals surface area contributed by atoms with Gasteiger partial charge in [-0.3, -0.25) is 9.10 Å². The van der Waals surface area contributed by atoms with Crippen molar-refractivity contribution >= 4 is 27.3 Å². The van der Waals surface area contributed by atoms with Crippen LogP contribution in [0.3, 0.4) is 0 Å². The fraction of sp³-hybridized carbons (Fsp3) is 0.125. The zero-order chi connectivity index (χ0) is 23.1. The van der Waals surface area contributed by atoms with E-state index in [1.807, 2.05) is 0 Å². The van der Waals surface area contributed by atoms with Gasteiger partial charge in [0.25, 0.3) is 15.9 Å². The van der Waals surface area contributed by atoms with Crippen LogP contribution in [0.1, 0.15) is 10.4 Å². The minimum Gasteiger partial charge on any atom is -0.497 e. The molecule has 0 aliphatic rings. The molecule has 1 amide bonds. The minimum absolute atomic E-state index is 0.142. The lowest BCUT2D eigenvalue weighted by Gasteiger charge is -2.20. The zero-order valence-electron chi connectivity index (χ0n) is 17.8. The van der Waals surface area contributed by atoms with Gasteiger partial charge in [-0.2, -0.15) is 0 Å². The predicted octanol–water partition coefficient (Wildman–Crippen LogP) is 4.34. The van der Waals surface area contributed by atoms with Crippen molar-refractivity contribution in [1.29, 1.82) is 0 Å². The molecular weight excluding hydrogens is 428 g/mol. The number of carbonyl (C=O) groups excluding carboxylic acids is 1. The number of nitrogens with zero attached hydrogens (tertiary/aromatic N) is 1. The zero-order valence-corrected chi connectivity index (χ0v) is 18.6. The van der Waals surface area contributed by atoms with Crippen molar-refractivity contribution in [3.8, 4) is 11.5 Å². The number of amides is 1. The highest BCUT2D eigenvalue weighted by atomic mass is 32.2. The third-order valence-electron chi connectivity index (χ3n) is 4.69. The van der Waals surface area contributed by atoms with Crippen LogP contribution >= 0.6 is 0 Å². The first-order valence-corrected chi connectivity index (χ1v) is 11.2. The first kappa shape index (κ1) is 22.9. The summed E-state index contributed by atoms with van der Waals surface area (Å²) >= 11 is 0. The predicted molar refractivity (Wildman–Crippen MR) is 125 cm³/mol. The van der Waals surface area contributed by atoms with Gasteiger partial charge in [-0.25, -0.2) is 8.42 Å². The van der Waals surface area contributed by atoms with Crippen molar-refractivity contribution in [2.75, 3.05) is 30.4 Å². The van der Waals surface area contributed by atoms with Gasteiger partial charge in [-0.05, 0) is 72.8 Å². The van der Waals surface area contributed by atoms with Gasteiger partial charge in [0.15, 0.2) is 0 Å². The summed E-state index contributed by atoms with van der Waals surface area (Å²) < 4.78 is 37.4. The van der Waals surface area contributed by atoms with Gasteiger partial charge in [-0.1, -0.05) is 12.7 Å². The molecule has 32 heavy (non-hydrogen) atoms. The maximum atomic E-state index is 12.9. The molecule has 0 saturated carbocycles. The second-order valence-corrected chi connectivity index (χ2v) is 8.74. The Morgan fingerprint density at radius 3 is 2.12 bits per heavy atom. The maximum absolute atomic E-state index is 12.9. The SMILES string of the molecule is C=CCOc1ccc(NC(=O)c2ccc(N(C)S(=O)(=O)c3ccc(OC)cc3)cc2)cc1. The average Bonchev–Trinajstić information content (AvgIpc) is 2.83. The van der Waals surface area contributed by atoms with Crippen molar-refractivity contribution in [3.63, 3.8) is 0 Å². The summed E-state index contributed by atoms with van der Waals surface area (Å²) in [6.07, 6.45) is 1.65. The second kappa shape index (κ2) is 10.0. The van der Waals surface area contributed by atoms with E-state index in [0.717, 1.165) is 0 Å². The number of methoxy groups -OCH3 is 1. The van der Waals surface area contributed by atoms with Crippen LogP contribution in [0.2, 0.25) is 0 Å². The van der Waals surface area contributed by atoms with E-state index in [9.17, 15) is 13.2 Å². The van der Waals surface area contributed by atoms with Gasteiger partial charge in [0.2, 0.25) is 0 Å². The van der Waals surface area contributed by atoms with E-state index in [0.29, 0.717) is 35.0 Å². The third kappa shape index (κ3) is 5.28. The summed E-state index contributed by atoms with van der Waals surface area (Å²) in [7, 11) is -0.772. The Hall–Kier alpha value is -3.78. The monoisotopic (exact) mass is 452 g/mol. The van der Waals surface area contributed by atoms with Gasteiger partial charge >= 0.3 is 0 Å². The molecule has 0 saturated heterocycles. The molecular formula is C24H24N2O5S. The number of nitrogens with one attached hydrogen (secondary N) is 1. The molecule has 0 fully saturated rings. The molecule has 0 aromatic heterocycles. The normalized spacial score (nSPS) is 10.8. The number of hydrogen-bond donors (Lipinski definition) is 1. The summed E-state index contributed by atoms with van der Waals surface area (Å²) in [5, 5.41) is 2.80. The van der Waals surface area contributed by atoms with E-state index in [1.165, 1.54) is 30.6 Å². The Balaban J connectivity index is 1.69. The van der Waals surface area contributed by atoms with Gasteiger partial charge in [-0.15, -0.1) is 0 Å². The molecule has 0 aliphatic carbocycles. The first-order chi connectivity index (χ1) is 15.3. The number of benzene rings is 3. The summed E-state index contributed by atoms with van der Waals surface area (Å²) in [6, 6.07) is 19.4. The van der Waals surface area contributed by atoms with Gasteiger partial charge < -0.3 is 14.8 Å². The van der Waals surface area contributed by atoms with Crippen LogP contribution in [-0.2, 0) is 10.0 Å². The standard InChI is InChI=1S/C24H24N2O5S/c1-4-17-31-22-11-7-19(8-12-22)25-24(27)18-5-9-20(10-6-18)26(2)32(28,29)23-15-13-21(30-3)14-16-23/h4-16H,1,17H2,2-3H3,(H,25,27). The quantitative estimate of drug-likeness (QED) is 0.488. The van der Waals surface area contributed by atoms with Crippen LogP contribution < -0.4 is 19.1 Å². The molecule has 0 aliphatic heterocycles. The van der Waals surface area contributed by atoms with Crippen LogP contribution in [0.5, 0.6) is 11.5 Å². The van der Waals surface area contributed by atoms with Crippen molar-refractivity contribution in [2.24, 2.45) is 0 Å². The highest BCUT2D eigenvalue weighted by Crippen LogP contribution is 2.24. The Morgan fingerprint density at radius 1 is 0.969 bits per heavy atom. The fourth-order valence-electron chi connectivity index (χ4n) is 2.86. The van der Waals surface area contributed by atoms with E-state index in [-0.39, 0.29) is 10.8 Å². The van der Waals surface area contributed by atoms with E-state index >= 15 is 0 Å². The van der Waals surface area contributed by atoms with E-state index < -0.39 is 10.0 Å². The molecule has 7 nitrogen and oxygen atoms in total. The highest BCUT2D eigenvalue weighted by Gasteiger charge is 2.21. The van der Waals surface area contributed by atoms with Crippen molar-refractivity contribution < 1.29 is 22.7 Å². The van der Waals surface area contributed by atoms with Gasteiger partial charge in [0.05, 0.1) is 17.7 Å². The number of sulfonamides is 1. The van der Waals surface area contributed by atoms with Crippen molar-refractivity contribution in [1.82, 2.24) is 0 Å². The summed E-state index contributed by atoms with van der Waals surface area (Å²) in [5.41, 5.74) is 1.45. The summed E-state index contributed by atoms with van der Waals surface area (Å²) in [4.78, 5) is 12.7.